The maximum absolute atomic E-state index is 13.9. The fourth-order valence-corrected chi connectivity index (χ4v) is 3.40. The van der Waals surface area contributed by atoms with Gasteiger partial charge < -0.3 is 15.4 Å². The molecule has 0 aliphatic carbocycles. The number of anilines is 1. The molecule has 0 amide bonds. The van der Waals surface area contributed by atoms with Crippen LogP contribution in [0.1, 0.15) is 11.6 Å². The number of H-pyrrole nitrogens is 1. The van der Waals surface area contributed by atoms with Gasteiger partial charge in [-0.25, -0.2) is 0 Å². The zero-order valence-electron chi connectivity index (χ0n) is 16.7. The van der Waals surface area contributed by atoms with Gasteiger partial charge in [0.05, 0.1) is 29.2 Å². The summed E-state index contributed by atoms with van der Waals surface area (Å²) in [7, 11) is 1.69. The number of fused-ring (bicyclic) bond motifs is 1. The average molecular weight is 405 g/mol. The van der Waals surface area contributed by atoms with Crippen LogP contribution in [0.15, 0.2) is 67.0 Å². The summed E-state index contributed by atoms with van der Waals surface area (Å²) in [5.41, 5.74) is 4.53. The normalized spacial score (nSPS) is 12.2. The van der Waals surface area contributed by atoms with E-state index in [9.17, 15) is 4.39 Å². The van der Waals surface area contributed by atoms with Gasteiger partial charge in [-0.3, -0.25) is 10.1 Å². The fourth-order valence-electron chi connectivity index (χ4n) is 3.40. The molecule has 2 aromatic heterocycles. The molecule has 0 spiro atoms. The number of rotatable bonds is 9. The summed E-state index contributed by atoms with van der Waals surface area (Å²) < 4.78 is 19.0. The average Bonchev–Trinajstić information content (AvgIpc) is 3.17. The highest BCUT2D eigenvalue weighted by molar-refractivity contribution is 5.84. The smallest absolute Gasteiger partial charge is 0.240 e. The Balaban J connectivity index is 1.56. The number of aromatic amines is 1. The SMILES string of the molecule is COCCNC[C@H](Nc1cncc(-c2ccc3[nH]nc(F)c3c2)c1)c1ccccc1. The molecule has 0 aliphatic heterocycles. The number of halogens is 1. The number of benzene rings is 2. The third kappa shape index (κ3) is 4.64. The van der Waals surface area contributed by atoms with Crippen molar-refractivity contribution in [3.8, 4) is 11.1 Å². The van der Waals surface area contributed by atoms with Crippen molar-refractivity contribution in [1.82, 2.24) is 20.5 Å². The third-order valence-electron chi connectivity index (χ3n) is 4.96. The lowest BCUT2D eigenvalue weighted by Gasteiger charge is -2.21. The van der Waals surface area contributed by atoms with Crippen LogP contribution in [-0.4, -0.2) is 42.0 Å². The zero-order valence-corrected chi connectivity index (χ0v) is 16.7. The molecule has 2 aromatic carbocycles. The minimum atomic E-state index is -0.500. The highest BCUT2D eigenvalue weighted by Crippen LogP contribution is 2.27. The number of methoxy groups -OCH3 is 1. The first-order valence-corrected chi connectivity index (χ1v) is 9.85. The summed E-state index contributed by atoms with van der Waals surface area (Å²) in [6.45, 7) is 2.17. The Labute approximate surface area is 174 Å². The van der Waals surface area contributed by atoms with E-state index in [1.807, 2.05) is 36.4 Å². The van der Waals surface area contributed by atoms with Gasteiger partial charge in [-0.15, -0.1) is 5.10 Å². The van der Waals surface area contributed by atoms with Crippen molar-refractivity contribution < 1.29 is 9.13 Å². The summed E-state index contributed by atoms with van der Waals surface area (Å²) in [4.78, 5) is 4.39. The van der Waals surface area contributed by atoms with Gasteiger partial charge in [0.2, 0.25) is 5.95 Å². The highest BCUT2D eigenvalue weighted by Gasteiger charge is 2.12. The molecule has 0 saturated carbocycles. The van der Waals surface area contributed by atoms with E-state index in [0.29, 0.717) is 17.5 Å². The van der Waals surface area contributed by atoms with Gasteiger partial charge in [0, 0.05) is 38.2 Å². The molecule has 3 N–H and O–H groups in total. The van der Waals surface area contributed by atoms with Gasteiger partial charge in [0.1, 0.15) is 0 Å². The number of pyridine rings is 1. The molecule has 0 saturated heterocycles. The van der Waals surface area contributed by atoms with E-state index in [0.717, 1.165) is 29.9 Å². The molecule has 2 heterocycles. The van der Waals surface area contributed by atoms with Crippen molar-refractivity contribution in [2.24, 2.45) is 0 Å². The van der Waals surface area contributed by atoms with Gasteiger partial charge in [-0.1, -0.05) is 36.4 Å². The third-order valence-corrected chi connectivity index (χ3v) is 4.96. The maximum atomic E-state index is 13.9. The van der Waals surface area contributed by atoms with Gasteiger partial charge in [-0.05, 0) is 29.3 Å². The van der Waals surface area contributed by atoms with Crippen LogP contribution in [0.3, 0.4) is 0 Å². The molecule has 1 atom stereocenters. The van der Waals surface area contributed by atoms with E-state index in [1.165, 1.54) is 5.56 Å². The molecule has 0 unspecified atom stereocenters. The van der Waals surface area contributed by atoms with E-state index in [1.54, 1.807) is 25.6 Å². The predicted molar refractivity (Wildman–Crippen MR) is 117 cm³/mol. The van der Waals surface area contributed by atoms with Crippen molar-refractivity contribution in [2.45, 2.75) is 6.04 Å². The Morgan fingerprint density at radius 1 is 1.07 bits per heavy atom. The van der Waals surface area contributed by atoms with Crippen molar-refractivity contribution in [3.63, 3.8) is 0 Å². The van der Waals surface area contributed by atoms with E-state index in [4.69, 9.17) is 4.74 Å². The van der Waals surface area contributed by atoms with Gasteiger partial charge in [-0.2, -0.15) is 4.39 Å². The molecule has 30 heavy (non-hydrogen) atoms. The minimum absolute atomic E-state index is 0.0638. The van der Waals surface area contributed by atoms with Crippen LogP contribution in [0.2, 0.25) is 0 Å². The van der Waals surface area contributed by atoms with Crippen LogP contribution in [0.5, 0.6) is 0 Å². The summed E-state index contributed by atoms with van der Waals surface area (Å²) in [5.74, 6) is -0.500. The molecule has 0 fully saturated rings. The Kier molecular flexibility index (Phi) is 6.32. The summed E-state index contributed by atoms with van der Waals surface area (Å²) in [5, 5.41) is 13.8. The zero-order chi connectivity index (χ0) is 20.8. The predicted octanol–water partition coefficient (Wildman–Crippen LogP) is 4.15. The molecular weight excluding hydrogens is 381 g/mol. The number of nitrogens with one attached hydrogen (secondary N) is 3. The van der Waals surface area contributed by atoms with Gasteiger partial charge >= 0.3 is 0 Å². The number of hydrogen-bond acceptors (Lipinski definition) is 5. The lowest BCUT2D eigenvalue weighted by Crippen LogP contribution is -2.29. The second-order valence-electron chi connectivity index (χ2n) is 7.04. The van der Waals surface area contributed by atoms with Crippen molar-refractivity contribution in [2.75, 3.05) is 32.1 Å². The number of hydrogen-bond donors (Lipinski definition) is 3. The van der Waals surface area contributed by atoms with Gasteiger partial charge in [0.25, 0.3) is 0 Å². The van der Waals surface area contributed by atoms with Crippen molar-refractivity contribution in [1.29, 1.82) is 0 Å². The first-order valence-electron chi connectivity index (χ1n) is 9.85. The van der Waals surface area contributed by atoms with Gasteiger partial charge in [0.15, 0.2) is 0 Å². The van der Waals surface area contributed by atoms with Crippen molar-refractivity contribution >= 4 is 16.6 Å². The number of ether oxygens (including phenoxy) is 1. The Morgan fingerprint density at radius 2 is 1.93 bits per heavy atom. The molecule has 4 rings (SSSR count). The molecular formula is C23H24FN5O. The quantitative estimate of drug-likeness (QED) is 0.365. The van der Waals surface area contributed by atoms with Crippen LogP contribution in [-0.2, 0) is 4.74 Å². The Bertz CT molecular complexity index is 1100. The fraction of sp³-hybridized carbons (Fsp3) is 0.217. The number of aromatic nitrogens is 3. The summed E-state index contributed by atoms with van der Waals surface area (Å²) in [6.07, 6.45) is 3.57. The van der Waals surface area contributed by atoms with Crippen LogP contribution in [0.25, 0.3) is 22.0 Å². The monoisotopic (exact) mass is 405 g/mol. The molecule has 0 aliphatic rings. The maximum Gasteiger partial charge on any atom is 0.240 e. The molecule has 0 radical (unpaired) electrons. The molecule has 4 aromatic rings. The molecule has 6 nitrogen and oxygen atoms in total. The Morgan fingerprint density at radius 3 is 2.77 bits per heavy atom. The van der Waals surface area contributed by atoms with Crippen LogP contribution >= 0.6 is 0 Å². The minimum Gasteiger partial charge on any atom is -0.383 e. The lowest BCUT2D eigenvalue weighted by atomic mass is 10.0. The van der Waals surface area contributed by atoms with Crippen LogP contribution < -0.4 is 10.6 Å². The second-order valence-corrected chi connectivity index (χ2v) is 7.04. The topological polar surface area (TPSA) is 74.9 Å². The largest absolute Gasteiger partial charge is 0.383 e. The van der Waals surface area contributed by atoms with E-state index < -0.39 is 5.95 Å². The molecule has 154 valence electrons. The highest BCUT2D eigenvalue weighted by atomic mass is 19.1. The molecule has 7 heteroatoms. The first kappa shape index (κ1) is 20.0. The lowest BCUT2D eigenvalue weighted by molar-refractivity contribution is 0.199. The summed E-state index contributed by atoms with van der Waals surface area (Å²) >= 11 is 0. The van der Waals surface area contributed by atoms with Crippen molar-refractivity contribution in [3.05, 3.63) is 78.5 Å². The van der Waals surface area contributed by atoms with Crippen LogP contribution in [0.4, 0.5) is 10.1 Å². The van der Waals surface area contributed by atoms with E-state index >= 15 is 0 Å². The second kappa shape index (κ2) is 9.47. The standard InChI is InChI=1S/C23H24FN5O/c1-30-10-9-25-15-22(16-5-3-2-4-6-16)27-19-11-18(13-26-14-19)17-7-8-21-20(12-17)23(24)29-28-21/h2-8,11-14,22,25,27H,9-10,15H2,1H3,(H,28,29)/t22-/m0/s1. The van der Waals surface area contributed by atoms with Crippen LogP contribution in [0, 0.1) is 5.95 Å². The first-order chi connectivity index (χ1) is 14.7. The Hall–Kier alpha value is -3.29. The summed E-state index contributed by atoms with van der Waals surface area (Å²) in [6, 6.07) is 17.9. The van der Waals surface area contributed by atoms with E-state index in [2.05, 4.69) is 37.9 Å². The van der Waals surface area contributed by atoms with E-state index in [-0.39, 0.29) is 6.04 Å². The number of nitrogens with zero attached hydrogens (tertiary/aromatic N) is 2. The molecule has 0 bridgehead atoms.